The Balaban J connectivity index is 1.68. The maximum atomic E-state index is 13.0. The van der Waals surface area contributed by atoms with Crippen LogP contribution in [0.15, 0.2) is 53.4 Å². The van der Waals surface area contributed by atoms with E-state index in [1.54, 1.807) is 18.2 Å². The predicted molar refractivity (Wildman–Crippen MR) is 105 cm³/mol. The van der Waals surface area contributed by atoms with Gasteiger partial charge in [-0.1, -0.05) is 29.8 Å². The number of benzene rings is 2. The average Bonchev–Trinajstić information content (AvgIpc) is 2.68. The largest absolute Gasteiger partial charge is 0.493 e. The Kier molecular flexibility index (Phi) is 5.97. The maximum Gasteiger partial charge on any atom is 0.243 e. The van der Waals surface area contributed by atoms with Crippen molar-refractivity contribution in [3.8, 4) is 5.75 Å². The SMILES string of the molecule is CC(=O)c1cccc(S(=O)(=O)N2CCCC(COc3ccc(C)cc3)C2)c1. The van der Waals surface area contributed by atoms with E-state index in [9.17, 15) is 13.2 Å². The van der Waals surface area contributed by atoms with Crippen molar-refractivity contribution in [3.05, 3.63) is 59.7 Å². The highest BCUT2D eigenvalue weighted by atomic mass is 32.2. The van der Waals surface area contributed by atoms with E-state index < -0.39 is 10.0 Å². The van der Waals surface area contributed by atoms with Gasteiger partial charge in [0.1, 0.15) is 5.75 Å². The van der Waals surface area contributed by atoms with Gasteiger partial charge in [0.25, 0.3) is 0 Å². The zero-order chi connectivity index (χ0) is 19.4. The molecule has 1 aliphatic heterocycles. The monoisotopic (exact) mass is 387 g/mol. The highest BCUT2D eigenvalue weighted by Gasteiger charge is 2.30. The van der Waals surface area contributed by atoms with Gasteiger partial charge in [-0.2, -0.15) is 4.31 Å². The van der Waals surface area contributed by atoms with E-state index in [1.807, 2.05) is 31.2 Å². The summed E-state index contributed by atoms with van der Waals surface area (Å²) in [5.74, 6) is 0.802. The first-order valence-corrected chi connectivity index (χ1v) is 10.6. The second-order valence-electron chi connectivity index (χ2n) is 7.08. The fourth-order valence-electron chi connectivity index (χ4n) is 3.25. The van der Waals surface area contributed by atoms with Crippen molar-refractivity contribution in [2.24, 2.45) is 5.92 Å². The Labute approximate surface area is 161 Å². The van der Waals surface area contributed by atoms with E-state index in [-0.39, 0.29) is 16.6 Å². The number of carbonyl (C=O) groups excluding carboxylic acids is 1. The molecule has 0 spiro atoms. The van der Waals surface area contributed by atoms with Crippen LogP contribution in [-0.2, 0) is 10.0 Å². The molecular formula is C21H25NO4S. The minimum Gasteiger partial charge on any atom is -0.493 e. The Bertz CT molecular complexity index is 906. The maximum absolute atomic E-state index is 13.0. The quantitative estimate of drug-likeness (QED) is 0.710. The zero-order valence-corrected chi connectivity index (χ0v) is 16.5. The van der Waals surface area contributed by atoms with Gasteiger partial charge < -0.3 is 4.74 Å². The van der Waals surface area contributed by atoms with E-state index in [0.717, 1.165) is 18.6 Å². The third kappa shape index (κ3) is 4.76. The van der Waals surface area contributed by atoms with Crippen LogP contribution in [0.1, 0.15) is 35.7 Å². The molecule has 2 aromatic carbocycles. The first-order chi connectivity index (χ1) is 12.9. The molecule has 1 heterocycles. The van der Waals surface area contributed by atoms with Gasteiger partial charge in [0.15, 0.2) is 5.78 Å². The Morgan fingerprint density at radius 1 is 1.19 bits per heavy atom. The topological polar surface area (TPSA) is 63.7 Å². The zero-order valence-electron chi connectivity index (χ0n) is 15.7. The summed E-state index contributed by atoms with van der Waals surface area (Å²) < 4.78 is 33.4. The molecule has 1 fully saturated rings. The molecule has 2 aromatic rings. The number of ether oxygens (including phenoxy) is 1. The molecule has 5 nitrogen and oxygen atoms in total. The van der Waals surface area contributed by atoms with Gasteiger partial charge in [-0.15, -0.1) is 0 Å². The molecule has 1 saturated heterocycles. The molecule has 0 N–H and O–H groups in total. The Morgan fingerprint density at radius 3 is 2.63 bits per heavy atom. The first-order valence-electron chi connectivity index (χ1n) is 9.17. The van der Waals surface area contributed by atoms with Crippen molar-refractivity contribution < 1.29 is 17.9 Å². The minimum atomic E-state index is -3.61. The lowest BCUT2D eigenvalue weighted by molar-refractivity contribution is 0.101. The van der Waals surface area contributed by atoms with Crippen molar-refractivity contribution in [1.29, 1.82) is 0 Å². The molecule has 0 saturated carbocycles. The Hall–Kier alpha value is -2.18. The highest BCUT2D eigenvalue weighted by molar-refractivity contribution is 7.89. The summed E-state index contributed by atoms with van der Waals surface area (Å²) >= 11 is 0. The second-order valence-corrected chi connectivity index (χ2v) is 9.02. The smallest absolute Gasteiger partial charge is 0.243 e. The van der Waals surface area contributed by atoms with Crippen molar-refractivity contribution in [2.45, 2.75) is 31.6 Å². The molecule has 1 atom stereocenters. The number of carbonyl (C=O) groups is 1. The summed E-state index contributed by atoms with van der Waals surface area (Å²) in [5, 5.41) is 0. The van der Waals surface area contributed by atoms with Crippen LogP contribution in [0.4, 0.5) is 0 Å². The van der Waals surface area contributed by atoms with Crippen LogP contribution in [0, 0.1) is 12.8 Å². The van der Waals surface area contributed by atoms with Crippen molar-refractivity contribution in [2.75, 3.05) is 19.7 Å². The van der Waals surface area contributed by atoms with Crippen LogP contribution >= 0.6 is 0 Å². The summed E-state index contributed by atoms with van der Waals surface area (Å²) in [5.41, 5.74) is 1.58. The van der Waals surface area contributed by atoms with Gasteiger partial charge in [0.2, 0.25) is 10.0 Å². The van der Waals surface area contributed by atoms with Crippen LogP contribution in [0.5, 0.6) is 5.75 Å². The lowest BCUT2D eigenvalue weighted by Gasteiger charge is -2.31. The molecule has 3 rings (SSSR count). The molecule has 1 unspecified atom stereocenters. The number of ketones is 1. The van der Waals surface area contributed by atoms with Crippen LogP contribution in [0.2, 0.25) is 0 Å². The van der Waals surface area contributed by atoms with E-state index in [4.69, 9.17) is 4.74 Å². The lowest BCUT2D eigenvalue weighted by atomic mass is 10.0. The number of nitrogens with zero attached hydrogens (tertiary/aromatic N) is 1. The van der Waals surface area contributed by atoms with Crippen LogP contribution in [-0.4, -0.2) is 38.2 Å². The molecule has 6 heteroatoms. The average molecular weight is 388 g/mol. The molecule has 144 valence electrons. The number of aryl methyl sites for hydroxylation is 1. The fourth-order valence-corrected chi connectivity index (χ4v) is 4.86. The number of rotatable bonds is 6. The van der Waals surface area contributed by atoms with Gasteiger partial charge in [-0.05, 0) is 51.0 Å². The van der Waals surface area contributed by atoms with Crippen LogP contribution in [0.3, 0.4) is 0 Å². The van der Waals surface area contributed by atoms with E-state index in [2.05, 4.69) is 0 Å². The van der Waals surface area contributed by atoms with E-state index in [0.29, 0.717) is 25.3 Å². The standard InChI is InChI=1S/C21H25NO4S/c1-16-8-10-20(11-9-16)26-15-18-5-4-12-22(14-18)27(24,25)21-7-3-6-19(13-21)17(2)23/h3,6-11,13,18H,4-5,12,14-15H2,1-2H3. The molecule has 0 radical (unpaired) electrons. The molecule has 0 bridgehead atoms. The van der Waals surface area contributed by atoms with Crippen molar-refractivity contribution >= 4 is 15.8 Å². The molecule has 1 aliphatic rings. The number of hydrogen-bond donors (Lipinski definition) is 0. The van der Waals surface area contributed by atoms with Gasteiger partial charge in [0, 0.05) is 24.6 Å². The van der Waals surface area contributed by atoms with Gasteiger partial charge in [-0.3, -0.25) is 4.79 Å². The van der Waals surface area contributed by atoms with Crippen LogP contribution < -0.4 is 4.74 Å². The summed E-state index contributed by atoms with van der Waals surface area (Å²) in [4.78, 5) is 11.7. The molecule has 0 aliphatic carbocycles. The van der Waals surface area contributed by atoms with Crippen LogP contribution in [0.25, 0.3) is 0 Å². The normalized spacial score (nSPS) is 18.2. The lowest BCUT2D eigenvalue weighted by Crippen LogP contribution is -2.41. The van der Waals surface area contributed by atoms with Crippen molar-refractivity contribution in [3.63, 3.8) is 0 Å². The third-order valence-corrected chi connectivity index (χ3v) is 6.73. The predicted octanol–water partition coefficient (Wildman–Crippen LogP) is 3.68. The summed E-state index contributed by atoms with van der Waals surface area (Å²) in [7, 11) is -3.61. The van der Waals surface area contributed by atoms with Gasteiger partial charge in [0.05, 0.1) is 11.5 Å². The first kappa shape index (κ1) is 19.6. The summed E-state index contributed by atoms with van der Waals surface area (Å²) in [6.45, 7) is 4.87. The summed E-state index contributed by atoms with van der Waals surface area (Å²) in [6, 6.07) is 14.1. The highest BCUT2D eigenvalue weighted by Crippen LogP contribution is 2.25. The van der Waals surface area contributed by atoms with Gasteiger partial charge >= 0.3 is 0 Å². The second kappa shape index (κ2) is 8.23. The molecule has 0 amide bonds. The van der Waals surface area contributed by atoms with E-state index in [1.165, 1.54) is 22.9 Å². The number of sulfonamides is 1. The summed E-state index contributed by atoms with van der Waals surface area (Å²) in [6.07, 6.45) is 1.74. The van der Waals surface area contributed by atoms with E-state index >= 15 is 0 Å². The molecule has 0 aromatic heterocycles. The van der Waals surface area contributed by atoms with Crippen molar-refractivity contribution in [1.82, 2.24) is 4.31 Å². The third-order valence-electron chi connectivity index (χ3n) is 4.87. The number of hydrogen-bond acceptors (Lipinski definition) is 4. The van der Waals surface area contributed by atoms with Gasteiger partial charge in [-0.25, -0.2) is 8.42 Å². The molecular weight excluding hydrogens is 362 g/mol. The molecule has 27 heavy (non-hydrogen) atoms. The number of piperidine rings is 1. The number of Topliss-reactive ketones (excluding diaryl/α,β-unsaturated/α-hetero) is 1. The minimum absolute atomic E-state index is 0.143. The Morgan fingerprint density at radius 2 is 1.93 bits per heavy atom. The fraction of sp³-hybridized carbons (Fsp3) is 0.381.